The monoisotopic (exact) mass is 353 g/mol. The lowest BCUT2D eigenvalue weighted by Gasteiger charge is -2.23. The number of aryl methyl sites for hydroxylation is 1. The van der Waals surface area contributed by atoms with Gasteiger partial charge >= 0.3 is 0 Å². The molecular formula is C13H19Cl2N2O3S+. The summed E-state index contributed by atoms with van der Waals surface area (Å²) in [6.45, 7) is 6.11. The lowest BCUT2D eigenvalue weighted by molar-refractivity contribution is -0.906. The first-order valence-electron chi connectivity index (χ1n) is 6.77. The van der Waals surface area contributed by atoms with Crippen LogP contribution in [0.2, 0.25) is 10.0 Å². The molecule has 0 bridgehead atoms. The maximum atomic E-state index is 12.3. The average Bonchev–Trinajstić information content (AvgIpc) is 2.43. The molecule has 1 saturated heterocycles. The largest absolute Gasteiger partial charge is 0.370 e. The number of quaternary nitrogens is 1. The van der Waals surface area contributed by atoms with E-state index in [-0.39, 0.29) is 9.92 Å². The summed E-state index contributed by atoms with van der Waals surface area (Å²) in [5, 5.41) is 0.591. The van der Waals surface area contributed by atoms with Gasteiger partial charge in [0.2, 0.25) is 10.0 Å². The summed E-state index contributed by atoms with van der Waals surface area (Å²) in [7, 11) is -3.62. The lowest BCUT2D eigenvalue weighted by Crippen LogP contribution is -3.14. The minimum Gasteiger partial charge on any atom is -0.370 e. The Kier molecular flexibility index (Phi) is 5.88. The molecule has 0 saturated carbocycles. The third-order valence-electron chi connectivity index (χ3n) is 3.47. The van der Waals surface area contributed by atoms with E-state index in [4.69, 9.17) is 27.9 Å². The number of sulfonamides is 1. The summed E-state index contributed by atoms with van der Waals surface area (Å²) in [5.74, 6) is 0. The molecule has 0 atom stereocenters. The molecule has 0 radical (unpaired) electrons. The zero-order chi connectivity index (χ0) is 15.5. The van der Waals surface area contributed by atoms with Crippen molar-refractivity contribution >= 4 is 33.2 Å². The second-order valence-corrected chi connectivity index (χ2v) is 7.59. The molecule has 0 spiro atoms. The van der Waals surface area contributed by atoms with E-state index in [2.05, 4.69) is 4.72 Å². The highest BCUT2D eigenvalue weighted by molar-refractivity contribution is 7.89. The fraction of sp³-hybridized carbons (Fsp3) is 0.538. The van der Waals surface area contributed by atoms with E-state index in [0.717, 1.165) is 32.8 Å². The highest BCUT2D eigenvalue weighted by atomic mass is 35.5. The van der Waals surface area contributed by atoms with Crippen molar-refractivity contribution in [1.29, 1.82) is 0 Å². The molecule has 1 aromatic carbocycles. The average molecular weight is 354 g/mol. The summed E-state index contributed by atoms with van der Waals surface area (Å²) in [6, 6.07) is 2.95. The Morgan fingerprint density at radius 3 is 2.57 bits per heavy atom. The molecule has 21 heavy (non-hydrogen) atoms. The smallest absolute Gasteiger partial charge is 0.242 e. The van der Waals surface area contributed by atoms with Gasteiger partial charge in [0.05, 0.1) is 31.3 Å². The zero-order valence-electron chi connectivity index (χ0n) is 11.8. The van der Waals surface area contributed by atoms with Crippen LogP contribution in [-0.2, 0) is 14.8 Å². The van der Waals surface area contributed by atoms with Gasteiger partial charge in [0.15, 0.2) is 0 Å². The van der Waals surface area contributed by atoms with Gasteiger partial charge in [-0.2, -0.15) is 0 Å². The van der Waals surface area contributed by atoms with Crippen molar-refractivity contribution in [2.24, 2.45) is 0 Å². The Morgan fingerprint density at radius 1 is 1.24 bits per heavy atom. The lowest BCUT2D eigenvalue weighted by atomic mass is 10.2. The van der Waals surface area contributed by atoms with E-state index in [1.807, 2.05) is 0 Å². The van der Waals surface area contributed by atoms with Crippen molar-refractivity contribution in [3.8, 4) is 0 Å². The van der Waals surface area contributed by atoms with Crippen LogP contribution in [0.5, 0.6) is 0 Å². The first kappa shape index (κ1) is 17.0. The van der Waals surface area contributed by atoms with Crippen LogP contribution in [0.1, 0.15) is 5.56 Å². The van der Waals surface area contributed by atoms with Gasteiger partial charge in [-0.3, -0.25) is 0 Å². The summed E-state index contributed by atoms with van der Waals surface area (Å²) in [5.41, 5.74) is 0.681. The van der Waals surface area contributed by atoms with Gasteiger partial charge in [-0.15, -0.1) is 0 Å². The van der Waals surface area contributed by atoms with E-state index in [0.29, 0.717) is 17.1 Å². The van der Waals surface area contributed by atoms with Crippen LogP contribution in [0.25, 0.3) is 0 Å². The van der Waals surface area contributed by atoms with Crippen molar-refractivity contribution in [3.63, 3.8) is 0 Å². The third-order valence-corrected chi connectivity index (χ3v) is 5.81. The predicted molar refractivity (Wildman–Crippen MR) is 82.8 cm³/mol. The second-order valence-electron chi connectivity index (χ2n) is 5.04. The predicted octanol–water partition coefficient (Wildman–Crippen LogP) is 0.495. The molecule has 0 aliphatic carbocycles. The van der Waals surface area contributed by atoms with E-state index < -0.39 is 10.0 Å². The van der Waals surface area contributed by atoms with Crippen LogP contribution in [0.4, 0.5) is 0 Å². The number of halogens is 2. The minimum atomic E-state index is -3.62. The van der Waals surface area contributed by atoms with Crippen molar-refractivity contribution < 1.29 is 18.1 Å². The molecule has 5 nitrogen and oxygen atoms in total. The standard InChI is InChI=1S/C13H18Cl2N2O3S/c1-10-8-13(12(15)9-11(10)14)21(18,19)16-2-3-17-4-6-20-7-5-17/h8-9,16H,2-7H2,1H3/p+1. The van der Waals surface area contributed by atoms with Gasteiger partial charge in [0.25, 0.3) is 0 Å². The highest BCUT2D eigenvalue weighted by Gasteiger charge is 2.20. The highest BCUT2D eigenvalue weighted by Crippen LogP contribution is 2.27. The van der Waals surface area contributed by atoms with E-state index >= 15 is 0 Å². The van der Waals surface area contributed by atoms with Crippen LogP contribution in [0.3, 0.4) is 0 Å². The summed E-state index contributed by atoms with van der Waals surface area (Å²) in [4.78, 5) is 1.41. The summed E-state index contributed by atoms with van der Waals surface area (Å²) in [6.07, 6.45) is 0. The van der Waals surface area contributed by atoms with Gasteiger partial charge in [-0.1, -0.05) is 23.2 Å². The number of hydrogen-bond acceptors (Lipinski definition) is 3. The van der Waals surface area contributed by atoms with E-state index in [1.165, 1.54) is 17.0 Å². The quantitative estimate of drug-likeness (QED) is 0.810. The fourth-order valence-corrected chi connectivity index (χ4v) is 4.05. The van der Waals surface area contributed by atoms with Gasteiger partial charge < -0.3 is 9.64 Å². The maximum Gasteiger partial charge on any atom is 0.242 e. The number of hydrogen-bond donors (Lipinski definition) is 2. The van der Waals surface area contributed by atoms with Crippen LogP contribution >= 0.6 is 23.2 Å². The van der Waals surface area contributed by atoms with Crippen LogP contribution in [0.15, 0.2) is 17.0 Å². The van der Waals surface area contributed by atoms with Gasteiger partial charge in [0, 0.05) is 5.02 Å². The molecular weight excluding hydrogens is 335 g/mol. The number of rotatable bonds is 5. The second kappa shape index (κ2) is 7.26. The topological polar surface area (TPSA) is 59.8 Å². The number of benzene rings is 1. The van der Waals surface area contributed by atoms with Crippen molar-refractivity contribution in [1.82, 2.24) is 4.72 Å². The summed E-state index contributed by atoms with van der Waals surface area (Å²) >= 11 is 11.9. The molecule has 1 aromatic rings. The van der Waals surface area contributed by atoms with Gasteiger partial charge in [-0.25, -0.2) is 13.1 Å². The van der Waals surface area contributed by atoms with Crippen molar-refractivity contribution in [3.05, 3.63) is 27.7 Å². The number of morpholine rings is 1. The molecule has 2 rings (SSSR count). The normalized spacial score (nSPS) is 17.1. The van der Waals surface area contributed by atoms with Crippen LogP contribution in [-0.4, -0.2) is 47.8 Å². The third kappa shape index (κ3) is 4.55. The Hall–Kier alpha value is -0.370. The molecule has 1 aliphatic heterocycles. The van der Waals surface area contributed by atoms with E-state index in [9.17, 15) is 8.42 Å². The molecule has 8 heteroatoms. The number of nitrogens with one attached hydrogen (secondary N) is 2. The first-order chi connectivity index (χ1) is 9.90. The molecule has 118 valence electrons. The molecule has 0 unspecified atom stereocenters. The Bertz CT molecular complexity index is 602. The first-order valence-corrected chi connectivity index (χ1v) is 9.00. The Labute approximate surface area is 135 Å². The van der Waals surface area contributed by atoms with Crippen molar-refractivity contribution in [2.45, 2.75) is 11.8 Å². The number of ether oxygens (including phenoxy) is 1. The van der Waals surface area contributed by atoms with Gasteiger partial charge in [-0.05, 0) is 24.6 Å². The summed E-state index contributed by atoms with van der Waals surface area (Å²) < 4.78 is 32.4. The van der Waals surface area contributed by atoms with Crippen molar-refractivity contribution in [2.75, 3.05) is 39.4 Å². The minimum absolute atomic E-state index is 0.0723. The molecule has 1 fully saturated rings. The molecule has 0 amide bonds. The van der Waals surface area contributed by atoms with E-state index in [1.54, 1.807) is 6.92 Å². The molecule has 2 N–H and O–H groups in total. The SMILES string of the molecule is Cc1cc(S(=O)(=O)NCC[NH+]2CCOCC2)c(Cl)cc1Cl. The Morgan fingerprint density at radius 2 is 1.90 bits per heavy atom. The fourth-order valence-electron chi connectivity index (χ4n) is 2.19. The zero-order valence-corrected chi connectivity index (χ0v) is 14.1. The molecule has 0 aromatic heterocycles. The molecule has 1 heterocycles. The van der Waals surface area contributed by atoms with Crippen LogP contribution < -0.4 is 9.62 Å². The Balaban J connectivity index is 1.99. The molecule has 1 aliphatic rings. The van der Waals surface area contributed by atoms with Crippen LogP contribution in [0, 0.1) is 6.92 Å². The van der Waals surface area contributed by atoms with Gasteiger partial charge in [0.1, 0.15) is 18.0 Å². The maximum absolute atomic E-state index is 12.3.